The van der Waals surface area contributed by atoms with Gasteiger partial charge in [0.25, 0.3) is 5.69 Å². The van der Waals surface area contributed by atoms with Crippen LogP contribution in [-0.4, -0.2) is 10.4 Å². The number of ether oxygens (including phenoxy) is 1. The molecule has 0 aliphatic carbocycles. The minimum Gasteiger partial charge on any atom is -0.412 e. The molecule has 0 saturated carbocycles. The Morgan fingerprint density at radius 3 is 2.20 bits per heavy atom. The third-order valence-corrected chi connectivity index (χ3v) is 2.63. The molecule has 8 heteroatoms. The molecule has 0 radical (unpaired) electrons. The van der Waals surface area contributed by atoms with Crippen LogP contribution in [0.15, 0.2) is 21.1 Å². The zero-order chi connectivity index (χ0) is 11.6. The molecule has 0 N–H and O–H groups in total. The molecule has 0 fully saturated rings. The Labute approximate surface area is 106 Å². The van der Waals surface area contributed by atoms with Crippen molar-refractivity contribution in [2.24, 2.45) is 0 Å². The van der Waals surface area contributed by atoms with E-state index < -0.39 is 10.4 Å². The van der Waals surface area contributed by atoms with E-state index in [1.807, 2.05) is 0 Å². The number of non-ortho nitro benzene ring substituents is 1. The quantitative estimate of drug-likeness (QED) is 0.457. The summed E-state index contributed by atoms with van der Waals surface area (Å²) in [6.07, 6.45) is 0. The molecule has 0 aliphatic heterocycles. The normalized spacial score (nSPS) is 9.80. The molecule has 0 aliphatic rings. The molecule has 5 nitrogen and oxygen atoms in total. The first-order chi connectivity index (χ1) is 6.91. The SMILES string of the molecule is O=C(Cl)Oc1c(Br)cc([N+](=O)[O-])cc1Br. The van der Waals surface area contributed by atoms with Gasteiger partial charge in [0.15, 0.2) is 5.75 Å². The van der Waals surface area contributed by atoms with E-state index in [2.05, 4.69) is 36.6 Å². The third kappa shape index (κ3) is 3.15. The summed E-state index contributed by atoms with van der Waals surface area (Å²) in [5, 5.41) is 10.5. The lowest BCUT2D eigenvalue weighted by atomic mass is 10.3. The van der Waals surface area contributed by atoms with Crippen LogP contribution in [0, 0.1) is 10.1 Å². The molecule has 80 valence electrons. The summed E-state index contributed by atoms with van der Waals surface area (Å²) < 4.78 is 5.14. The van der Waals surface area contributed by atoms with Crippen molar-refractivity contribution in [2.75, 3.05) is 0 Å². The Balaban J connectivity index is 3.21. The number of halogens is 3. The van der Waals surface area contributed by atoms with Gasteiger partial charge in [0.2, 0.25) is 0 Å². The van der Waals surface area contributed by atoms with Crippen LogP contribution < -0.4 is 4.74 Å². The average molecular weight is 359 g/mol. The largest absolute Gasteiger partial charge is 0.412 e. The maximum atomic E-state index is 10.5. The predicted molar refractivity (Wildman–Crippen MR) is 60.4 cm³/mol. The summed E-state index contributed by atoms with van der Waals surface area (Å²) in [5.41, 5.74) is -1.16. The molecule has 0 spiro atoms. The zero-order valence-electron chi connectivity index (χ0n) is 6.87. The molecule has 1 aromatic carbocycles. The van der Waals surface area contributed by atoms with Gasteiger partial charge in [0, 0.05) is 23.7 Å². The average Bonchev–Trinajstić information content (AvgIpc) is 2.10. The van der Waals surface area contributed by atoms with Gasteiger partial charge < -0.3 is 4.74 Å². The molecule has 0 aromatic heterocycles. The third-order valence-electron chi connectivity index (χ3n) is 1.38. The fourth-order valence-corrected chi connectivity index (χ4v) is 2.23. The van der Waals surface area contributed by atoms with E-state index in [9.17, 15) is 14.9 Å². The lowest BCUT2D eigenvalue weighted by Gasteiger charge is -2.05. The topological polar surface area (TPSA) is 69.4 Å². The zero-order valence-corrected chi connectivity index (χ0v) is 10.8. The van der Waals surface area contributed by atoms with Gasteiger partial charge >= 0.3 is 5.43 Å². The molecule has 15 heavy (non-hydrogen) atoms. The van der Waals surface area contributed by atoms with Crippen LogP contribution in [0.5, 0.6) is 5.75 Å². The highest BCUT2D eigenvalue weighted by Gasteiger charge is 2.16. The summed E-state index contributed by atoms with van der Waals surface area (Å²) in [4.78, 5) is 20.4. The maximum absolute atomic E-state index is 10.5. The first-order valence-electron chi connectivity index (χ1n) is 3.42. The van der Waals surface area contributed by atoms with Gasteiger partial charge in [0.1, 0.15) is 0 Å². The highest BCUT2D eigenvalue weighted by Crippen LogP contribution is 2.37. The van der Waals surface area contributed by atoms with E-state index in [1.165, 1.54) is 12.1 Å². The minimum atomic E-state index is -1.02. The summed E-state index contributed by atoms with van der Waals surface area (Å²) >= 11 is 11.1. The Bertz CT molecular complexity index is 414. The van der Waals surface area contributed by atoms with Gasteiger partial charge in [-0.1, -0.05) is 0 Å². The molecule has 0 bridgehead atoms. The number of carbonyl (C=O) groups is 1. The molecule has 0 saturated heterocycles. The number of nitrogens with zero attached hydrogens (tertiary/aromatic N) is 1. The van der Waals surface area contributed by atoms with Gasteiger partial charge in [-0.15, -0.1) is 0 Å². The fraction of sp³-hybridized carbons (Fsp3) is 0. The van der Waals surface area contributed by atoms with Gasteiger partial charge in [-0.3, -0.25) is 10.1 Å². The second-order valence-electron chi connectivity index (χ2n) is 2.34. The molecular formula is C7H2Br2ClNO4. The molecule has 1 rings (SSSR count). The number of rotatable bonds is 2. The number of carbonyl (C=O) groups excluding carboxylic acids is 1. The van der Waals surface area contributed by atoms with Gasteiger partial charge in [-0.2, -0.15) is 0 Å². The summed E-state index contributed by atoms with van der Waals surface area (Å²) in [7, 11) is 0. The second kappa shape index (κ2) is 4.91. The monoisotopic (exact) mass is 357 g/mol. The number of hydrogen-bond donors (Lipinski definition) is 0. The van der Waals surface area contributed by atoms with Gasteiger partial charge in [-0.05, 0) is 31.9 Å². The summed E-state index contributed by atoms with van der Waals surface area (Å²) in [5.74, 6) is 0.0978. The Morgan fingerprint density at radius 2 is 1.87 bits per heavy atom. The predicted octanol–water partition coefficient (Wildman–Crippen LogP) is 3.86. The Hall–Kier alpha value is -0.660. The molecule has 1 aromatic rings. The van der Waals surface area contributed by atoms with Crippen molar-refractivity contribution < 1.29 is 14.5 Å². The standard InChI is InChI=1S/C7H2Br2ClNO4/c8-4-1-3(11(13)14)2-5(9)6(4)15-7(10)12/h1-2H. The van der Waals surface area contributed by atoms with Crippen LogP contribution in [0.4, 0.5) is 10.5 Å². The van der Waals surface area contributed by atoms with Gasteiger partial charge in [-0.25, -0.2) is 4.79 Å². The second-order valence-corrected chi connectivity index (χ2v) is 4.35. The maximum Gasteiger partial charge on any atom is 0.409 e. The Kier molecular flexibility index (Phi) is 4.06. The van der Waals surface area contributed by atoms with Crippen molar-refractivity contribution in [3.05, 3.63) is 31.2 Å². The summed E-state index contributed by atoms with van der Waals surface area (Å²) in [6, 6.07) is 2.42. The minimum absolute atomic E-state index is 0.0978. The van der Waals surface area contributed by atoms with E-state index in [0.717, 1.165) is 0 Å². The van der Waals surface area contributed by atoms with E-state index in [-0.39, 0.29) is 20.4 Å². The number of benzene rings is 1. The van der Waals surface area contributed by atoms with E-state index in [1.54, 1.807) is 0 Å². The Morgan fingerprint density at radius 1 is 1.40 bits per heavy atom. The number of hydrogen-bond acceptors (Lipinski definition) is 4. The molecule has 0 unspecified atom stereocenters. The van der Waals surface area contributed by atoms with E-state index >= 15 is 0 Å². The van der Waals surface area contributed by atoms with Crippen LogP contribution in [0.3, 0.4) is 0 Å². The first kappa shape index (κ1) is 12.4. The molecule has 0 atom stereocenters. The van der Waals surface area contributed by atoms with Crippen LogP contribution in [0.25, 0.3) is 0 Å². The fourth-order valence-electron chi connectivity index (χ4n) is 0.830. The van der Waals surface area contributed by atoms with Crippen molar-refractivity contribution in [1.82, 2.24) is 0 Å². The van der Waals surface area contributed by atoms with Crippen LogP contribution in [0.1, 0.15) is 0 Å². The first-order valence-corrected chi connectivity index (χ1v) is 5.39. The lowest BCUT2D eigenvalue weighted by Crippen LogP contribution is -1.98. The molecular weight excluding hydrogens is 357 g/mol. The van der Waals surface area contributed by atoms with Crippen LogP contribution in [-0.2, 0) is 0 Å². The lowest BCUT2D eigenvalue weighted by molar-refractivity contribution is -0.385. The highest BCUT2D eigenvalue weighted by molar-refractivity contribution is 9.11. The van der Waals surface area contributed by atoms with Gasteiger partial charge in [0.05, 0.1) is 13.9 Å². The summed E-state index contributed by atoms with van der Waals surface area (Å²) in [6.45, 7) is 0. The van der Waals surface area contributed by atoms with Crippen molar-refractivity contribution in [2.45, 2.75) is 0 Å². The molecule has 0 amide bonds. The van der Waals surface area contributed by atoms with Crippen molar-refractivity contribution in [3.8, 4) is 5.75 Å². The highest BCUT2D eigenvalue weighted by atomic mass is 79.9. The van der Waals surface area contributed by atoms with E-state index in [0.29, 0.717) is 0 Å². The number of nitro groups is 1. The molecule has 0 heterocycles. The van der Waals surface area contributed by atoms with Crippen LogP contribution >= 0.6 is 43.5 Å². The smallest absolute Gasteiger partial charge is 0.409 e. The number of nitro benzene ring substituents is 1. The van der Waals surface area contributed by atoms with Crippen molar-refractivity contribution >= 4 is 54.6 Å². The van der Waals surface area contributed by atoms with Crippen molar-refractivity contribution in [1.29, 1.82) is 0 Å². The van der Waals surface area contributed by atoms with Crippen LogP contribution in [0.2, 0.25) is 0 Å². The van der Waals surface area contributed by atoms with Crippen molar-refractivity contribution in [3.63, 3.8) is 0 Å². The van der Waals surface area contributed by atoms with E-state index in [4.69, 9.17) is 11.6 Å².